The van der Waals surface area contributed by atoms with Gasteiger partial charge in [-0.3, -0.25) is 14.4 Å². The number of halogens is 3. The van der Waals surface area contributed by atoms with Crippen molar-refractivity contribution in [2.45, 2.75) is 38.1 Å². The second-order valence-electron chi connectivity index (χ2n) is 7.74. The summed E-state index contributed by atoms with van der Waals surface area (Å²) in [5.41, 5.74) is 1.00. The lowest BCUT2D eigenvalue weighted by atomic mass is 9.95. The summed E-state index contributed by atoms with van der Waals surface area (Å²) in [5, 5.41) is 6.20. The second-order valence-corrected chi connectivity index (χ2v) is 8.97. The highest BCUT2D eigenvalue weighted by molar-refractivity contribution is 6.53. The van der Waals surface area contributed by atoms with Crippen LogP contribution in [0.25, 0.3) is 0 Å². The molecule has 0 saturated heterocycles. The van der Waals surface area contributed by atoms with Crippen molar-refractivity contribution in [1.82, 2.24) is 5.32 Å². The summed E-state index contributed by atoms with van der Waals surface area (Å²) in [6, 6.07) is 11.3. The quantitative estimate of drug-likeness (QED) is 0.541. The molecule has 2 N–H and O–H groups in total. The molecule has 1 saturated carbocycles. The highest BCUT2D eigenvalue weighted by Crippen LogP contribution is 2.35. The van der Waals surface area contributed by atoms with E-state index in [1.807, 2.05) is 0 Å². The summed E-state index contributed by atoms with van der Waals surface area (Å²) in [6.45, 7) is 0. The third-order valence-electron chi connectivity index (χ3n) is 5.51. The molecule has 3 amide bonds. The lowest BCUT2D eigenvalue weighted by Crippen LogP contribution is -2.36. The van der Waals surface area contributed by atoms with Crippen LogP contribution in [-0.4, -0.2) is 23.8 Å². The molecule has 0 aromatic heterocycles. The van der Waals surface area contributed by atoms with Crippen LogP contribution in [0.5, 0.6) is 0 Å². The van der Waals surface area contributed by atoms with Gasteiger partial charge in [-0.25, -0.2) is 4.90 Å². The van der Waals surface area contributed by atoms with Crippen LogP contribution < -0.4 is 15.5 Å². The van der Waals surface area contributed by atoms with Crippen LogP contribution in [0.2, 0.25) is 10.0 Å². The number of amides is 3. The maximum absolute atomic E-state index is 13.0. The standard InChI is InChI=1S/C23H20Cl3N3O3/c24-14-9-10-18(17(25)12-14)29-22(31)19(26)20(23(29)32)27-16-8-4-5-13(11-16)21(30)28-15-6-2-1-3-7-15/h4-5,8-12,15,27H,1-3,6-7H2,(H,28,30). The molecule has 0 spiro atoms. The molecule has 0 atom stereocenters. The zero-order valence-corrected chi connectivity index (χ0v) is 19.2. The topological polar surface area (TPSA) is 78.5 Å². The van der Waals surface area contributed by atoms with Crippen molar-refractivity contribution in [3.05, 3.63) is 68.8 Å². The minimum atomic E-state index is -0.699. The smallest absolute Gasteiger partial charge is 0.283 e. The number of anilines is 2. The average molecular weight is 493 g/mol. The minimum Gasteiger partial charge on any atom is -0.350 e. The third kappa shape index (κ3) is 4.63. The number of benzene rings is 2. The molecular weight excluding hydrogens is 473 g/mol. The van der Waals surface area contributed by atoms with Gasteiger partial charge in [-0.15, -0.1) is 0 Å². The molecule has 9 heteroatoms. The van der Waals surface area contributed by atoms with E-state index in [1.54, 1.807) is 24.3 Å². The Bertz CT molecular complexity index is 1130. The zero-order chi connectivity index (χ0) is 22.8. The summed E-state index contributed by atoms with van der Waals surface area (Å²) >= 11 is 18.3. The predicted molar refractivity (Wildman–Crippen MR) is 126 cm³/mol. The van der Waals surface area contributed by atoms with Crippen LogP contribution in [-0.2, 0) is 9.59 Å². The Morgan fingerprint density at radius 2 is 1.69 bits per heavy atom. The van der Waals surface area contributed by atoms with E-state index in [1.165, 1.54) is 24.6 Å². The first kappa shape index (κ1) is 22.6. The normalized spacial score (nSPS) is 17.2. The summed E-state index contributed by atoms with van der Waals surface area (Å²) < 4.78 is 0. The van der Waals surface area contributed by atoms with Crippen molar-refractivity contribution >= 4 is 63.9 Å². The van der Waals surface area contributed by atoms with Crippen LogP contribution in [0.4, 0.5) is 11.4 Å². The van der Waals surface area contributed by atoms with Gasteiger partial charge in [-0.1, -0.05) is 60.1 Å². The molecule has 0 radical (unpaired) electrons. The molecule has 1 aliphatic carbocycles. The van der Waals surface area contributed by atoms with Crippen molar-refractivity contribution in [1.29, 1.82) is 0 Å². The lowest BCUT2D eigenvalue weighted by molar-refractivity contribution is -0.120. The van der Waals surface area contributed by atoms with E-state index in [9.17, 15) is 14.4 Å². The van der Waals surface area contributed by atoms with E-state index < -0.39 is 11.8 Å². The van der Waals surface area contributed by atoms with E-state index in [4.69, 9.17) is 34.8 Å². The summed E-state index contributed by atoms with van der Waals surface area (Å²) in [4.78, 5) is 39.2. The first-order chi connectivity index (χ1) is 15.3. The molecule has 1 heterocycles. The molecule has 2 aromatic rings. The number of hydrogen-bond acceptors (Lipinski definition) is 4. The lowest BCUT2D eigenvalue weighted by Gasteiger charge is -2.22. The monoisotopic (exact) mass is 491 g/mol. The Balaban J connectivity index is 1.52. The number of imide groups is 1. The van der Waals surface area contributed by atoms with Crippen molar-refractivity contribution in [2.75, 3.05) is 10.2 Å². The molecule has 0 unspecified atom stereocenters. The molecule has 166 valence electrons. The molecule has 2 aromatic carbocycles. The summed E-state index contributed by atoms with van der Waals surface area (Å²) in [7, 11) is 0. The van der Waals surface area contributed by atoms with Crippen molar-refractivity contribution < 1.29 is 14.4 Å². The maximum atomic E-state index is 13.0. The Morgan fingerprint density at radius 1 is 0.938 bits per heavy atom. The predicted octanol–water partition coefficient (Wildman–Crippen LogP) is 5.49. The van der Waals surface area contributed by atoms with Gasteiger partial charge in [0.25, 0.3) is 17.7 Å². The number of rotatable bonds is 5. The van der Waals surface area contributed by atoms with Gasteiger partial charge >= 0.3 is 0 Å². The van der Waals surface area contributed by atoms with Crippen LogP contribution in [0.1, 0.15) is 42.5 Å². The Morgan fingerprint density at radius 3 is 2.41 bits per heavy atom. The van der Waals surface area contributed by atoms with Gasteiger partial charge in [0, 0.05) is 22.3 Å². The largest absolute Gasteiger partial charge is 0.350 e. The number of nitrogens with zero attached hydrogens (tertiary/aromatic N) is 1. The molecule has 2 aliphatic rings. The molecular formula is C23H20Cl3N3O3. The van der Waals surface area contributed by atoms with Gasteiger partial charge in [0.2, 0.25) is 0 Å². The van der Waals surface area contributed by atoms with Crippen molar-refractivity contribution in [3.63, 3.8) is 0 Å². The molecule has 4 rings (SSSR count). The van der Waals surface area contributed by atoms with Gasteiger partial charge in [-0.05, 0) is 49.2 Å². The number of carbonyl (C=O) groups excluding carboxylic acids is 3. The van der Waals surface area contributed by atoms with Gasteiger partial charge in [0.1, 0.15) is 10.7 Å². The molecule has 32 heavy (non-hydrogen) atoms. The summed E-state index contributed by atoms with van der Waals surface area (Å²) in [5.74, 6) is -1.53. The first-order valence-corrected chi connectivity index (χ1v) is 11.4. The zero-order valence-electron chi connectivity index (χ0n) is 17.0. The highest BCUT2D eigenvalue weighted by Gasteiger charge is 2.39. The van der Waals surface area contributed by atoms with Gasteiger partial charge in [0.15, 0.2) is 0 Å². The molecule has 0 bridgehead atoms. The fourth-order valence-corrected chi connectivity index (χ4v) is 4.60. The van der Waals surface area contributed by atoms with Crippen molar-refractivity contribution in [3.8, 4) is 0 Å². The fraction of sp³-hybridized carbons (Fsp3) is 0.261. The minimum absolute atomic E-state index is 0.0903. The number of hydrogen-bond donors (Lipinski definition) is 2. The van der Waals surface area contributed by atoms with E-state index in [-0.39, 0.29) is 33.4 Å². The van der Waals surface area contributed by atoms with Gasteiger partial charge in [0.05, 0.1) is 10.7 Å². The van der Waals surface area contributed by atoms with Gasteiger partial charge in [-0.2, -0.15) is 0 Å². The van der Waals surface area contributed by atoms with Crippen LogP contribution in [0.3, 0.4) is 0 Å². The Hall–Kier alpha value is -2.54. The SMILES string of the molecule is O=C(NC1CCCCC1)c1cccc(NC2=C(Cl)C(=O)N(c3ccc(Cl)cc3Cl)C2=O)c1. The molecule has 6 nitrogen and oxygen atoms in total. The maximum Gasteiger partial charge on any atom is 0.283 e. The Kier molecular flexibility index (Phi) is 6.74. The number of carbonyl (C=O) groups is 3. The first-order valence-electron chi connectivity index (χ1n) is 10.3. The fourth-order valence-electron chi connectivity index (χ4n) is 3.89. The van der Waals surface area contributed by atoms with Crippen molar-refractivity contribution in [2.24, 2.45) is 0 Å². The Labute approximate surface area is 200 Å². The van der Waals surface area contributed by atoms with Crippen LogP contribution in [0.15, 0.2) is 53.2 Å². The second kappa shape index (κ2) is 9.53. The van der Waals surface area contributed by atoms with Gasteiger partial charge < -0.3 is 10.6 Å². The van der Waals surface area contributed by atoms with E-state index >= 15 is 0 Å². The van der Waals surface area contributed by atoms with Crippen LogP contribution >= 0.6 is 34.8 Å². The van der Waals surface area contributed by atoms with Crippen LogP contribution in [0, 0.1) is 0 Å². The summed E-state index contributed by atoms with van der Waals surface area (Å²) in [6.07, 6.45) is 5.39. The van der Waals surface area contributed by atoms with E-state index in [2.05, 4.69) is 10.6 Å². The molecule has 1 fully saturated rings. The van der Waals surface area contributed by atoms with E-state index in [0.29, 0.717) is 16.3 Å². The molecule has 1 aliphatic heterocycles. The highest BCUT2D eigenvalue weighted by atomic mass is 35.5. The third-order valence-corrected chi connectivity index (χ3v) is 6.40. The average Bonchev–Trinajstić information content (AvgIpc) is 2.98. The number of nitrogens with one attached hydrogen (secondary N) is 2. The van der Waals surface area contributed by atoms with E-state index in [0.717, 1.165) is 30.6 Å².